The first-order valence-electron chi connectivity index (χ1n) is 7.93. The van der Waals surface area contributed by atoms with Crippen molar-refractivity contribution < 1.29 is 14.7 Å². The van der Waals surface area contributed by atoms with Crippen LogP contribution in [0.1, 0.15) is 37.7 Å². The molecule has 1 saturated heterocycles. The van der Waals surface area contributed by atoms with E-state index in [4.69, 9.17) is 0 Å². The molecule has 1 aromatic heterocycles. The Balaban J connectivity index is 2.15. The average molecular weight is 307 g/mol. The van der Waals surface area contributed by atoms with Crippen LogP contribution in [0.2, 0.25) is 0 Å². The smallest absolute Gasteiger partial charge is 0.308 e. The second-order valence-corrected chi connectivity index (χ2v) is 6.10. The van der Waals surface area contributed by atoms with Crippen molar-refractivity contribution in [2.75, 3.05) is 13.1 Å². The van der Waals surface area contributed by atoms with E-state index in [1.165, 1.54) is 0 Å². The molecule has 122 valence electrons. The van der Waals surface area contributed by atoms with E-state index < -0.39 is 11.9 Å². The Morgan fingerprint density at radius 1 is 1.27 bits per heavy atom. The number of aliphatic carboxylic acids is 1. The zero-order chi connectivity index (χ0) is 16.4. The molecule has 0 saturated carbocycles. The standard InChI is InChI=1S/C16H25N3O3/c1-5-13-11(14(6-2)18(4)17-13)7-15(20)19-8-10(3)12(9-19)16(21)22/h10,12H,5-9H2,1-4H3,(H,21,22)/t10-,12-/m1/s1. The lowest BCUT2D eigenvalue weighted by Gasteiger charge is -2.16. The third kappa shape index (κ3) is 3.00. The summed E-state index contributed by atoms with van der Waals surface area (Å²) in [4.78, 5) is 25.5. The Morgan fingerprint density at radius 3 is 2.45 bits per heavy atom. The Morgan fingerprint density at radius 2 is 1.95 bits per heavy atom. The van der Waals surface area contributed by atoms with Crippen molar-refractivity contribution in [2.45, 2.75) is 40.0 Å². The molecule has 1 amide bonds. The average Bonchev–Trinajstić information content (AvgIpc) is 2.99. The van der Waals surface area contributed by atoms with Crippen LogP contribution in [0.25, 0.3) is 0 Å². The van der Waals surface area contributed by atoms with Crippen LogP contribution in [0.3, 0.4) is 0 Å². The molecule has 2 atom stereocenters. The van der Waals surface area contributed by atoms with Crippen LogP contribution in [-0.4, -0.2) is 44.8 Å². The van der Waals surface area contributed by atoms with Gasteiger partial charge in [0.1, 0.15) is 0 Å². The van der Waals surface area contributed by atoms with Gasteiger partial charge in [0.15, 0.2) is 0 Å². The molecular formula is C16H25N3O3. The second kappa shape index (κ2) is 6.50. The molecule has 1 aliphatic rings. The van der Waals surface area contributed by atoms with Crippen molar-refractivity contribution in [1.29, 1.82) is 0 Å². The summed E-state index contributed by atoms with van der Waals surface area (Å²) in [5.74, 6) is -1.25. The minimum atomic E-state index is -0.812. The van der Waals surface area contributed by atoms with Gasteiger partial charge in [-0.1, -0.05) is 20.8 Å². The third-order valence-corrected chi connectivity index (χ3v) is 4.64. The highest BCUT2D eigenvalue weighted by molar-refractivity contribution is 5.81. The zero-order valence-corrected chi connectivity index (χ0v) is 13.8. The molecule has 0 unspecified atom stereocenters. The molecule has 0 spiro atoms. The van der Waals surface area contributed by atoms with Gasteiger partial charge in [0, 0.05) is 31.4 Å². The predicted molar refractivity (Wildman–Crippen MR) is 82.5 cm³/mol. The maximum atomic E-state index is 12.6. The number of carbonyl (C=O) groups is 2. The van der Waals surface area contributed by atoms with Crippen LogP contribution in [0.4, 0.5) is 0 Å². The minimum Gasteiger partial charge on any atom is -0.481 e. The number of nitrogens with zero attached hydrogens (tertiary/aromatic N) is 3. The molecule has 22 heavy (non-hydrogen) atoms. The first-order valence-corrected chi connectivity index (χ1v) is 7.93. The Kier molecular flexibility index (Phi) is 4.88. The van der Waals surface area contributed by atoms with Crippen molar-refractivity contribution in [3.05, 3.63) is 17.0 Å². The molecule has 0 aliphatic carbocycles. The van der Waals surface area contributed by atoms with E-state index in [2.05, 4.69) is 12.0 Å². The van der Waals surface area contributed by atoms with E-state index in [1.54, 1.807) is 4.90 Å². The van der Waals surface area contributed by atoms with Crippen molar-refractivity contribution in [3.8, 4) is 0 Å². The fourth-order valence-corrected chi connectivity index (χ4v) is 3.35. The maximum Gasteiger partial charge on any atom is 0.308 e. The van der Waals surface area contributed by atoms with Crippen molar-refractivity contribution in [3.63, 3.8) is 0 Å². The molecular weight excluding hydrogens is 282 g/mol. The van der Waals surface area contributed by atoms with Gasteiger partial charge in [-0.25, -0.2) is 0 Å². The van der Waals surface area contributed by atoms with E-state index in [1.807, 2.05) is 25.6 Å². The maximum absolute atomic E-state index is 12.6. The summed E-state index contributed by atoms with van der Waals surface area (Å²) in [6, 6.07) is 0. The van der Waals surface area contributed by atoms with E-state index >= 15 is 0 Å². The zero-order valence-electron chi connectivity index (χ0n) is 13.8. The Hall–Kier alpha value is -1.85. The van der Waals surface area contributed by atoms with Gasteiger partial charge in [0.05, 0.1) is 18.0 Å². The van der Waals surface area contributed by atoms with E-state index in [9.17, 15) is 14.7 Å². The SMILES string of the molecule is CCc1nn(C)c(CC)c1CC(=O)N1C[C@@H](C)[C@H](C(=O)O)C1. The summed E-state index contributed by atoms with van der Waals surface area (Å²) in [5, 5.41) is 13.7. The van der Waals surface area contributed by atoms with E-state index in [0.29, 0.717) is 19.5 Å². The van der Waals surface area contributed by atoms with Gasteiger partial charge in [-0.2, -0.15) is 5.10 Å². The van der Waals surface area contributed by atoms with Crippen LogP contribution in [0.15, 0.2) is 0 Å². The van der Waals surface area contributed by atoms with E-state index in [0.717, 1.165) is 29.8 Å². The number of carboxylic acids is 1. The summed E-state index contributed by atoms with van der Waals surface area (Å²) in [6.07, 6.45) is 1.95. The quantitative estimate of drug-likeness (QED) is 0.889. The van der Waals surface area contributed by atoms with Crippen LogP contribution in [-0.2, 0) is 35.9 Å². The molecule has 0 aromatic carbocycles. The normalized spacial score (nSPS) is 21.4. The number of hydrogen-bond donors (Lipinski definition) is 1. The molecule has 6 nitrogen and oxygen atoms in total. The first-order chi connectivity index (χ1) is 10.4. The molecule has 2 rings (SSSR count). The lowest BCUT2D eigenvalue weighted by Crippen LogP contribution is -2.31. The number of rotatable bonds is 5. The Labute approximate surface area is 131 Å². The number of likely N-dealkylation sites (tertiary alicyclic amines) is 1. The van der Waals surface area contributed by atoms with Crippen LogP contribution < -0.4 is 0 Å². The topological polar surface area (TPSA) is 75.4 Å². The van der Waals surface area contributed by atoms with Crippen LogP contribution in [0.5, 0.6) is 0 Å². The van der Waals surface area contributed by atoms with Crippen molar-refractivity contribution in [2.24, 2.45) is 18.9 Å². The molecule has 0 bridgehead atoms. The molecule has 6 heteroatoms. The number of amides is 1. The molecule has 2 heterocycles. The van der Waals surface area contributed by atoms with E-state index in [-0.39, 0.29) is 11.8 Å². The highest BCUT2D eigenvalue weighted by atomic mass is 16.4. The number of hydrogen-bond acceptors (Lipinski definition) is 3. The molecule has 1 aromatic rings. The van der Waals surface area contributed by atoms with Gasteiger partial charge in [0.25, 0.3) is 0 Å². The molecule has 1 N–H and O–H groups in total. The summed E-state index contributed by atoms with van der Waals surface area (Å²) in [5.41, 5.74) is 3.07. The van der Waals surface area contributed by atoms with Gasteiger partial charge >= 0.3 is 5.97 Å². The number of aryl methyl sites for hydroxylation is 2. The van der Waals surface area contributed by atoms with Crippen molar-refractivity contribution >= 4 is 11.9 Å². The number of carbonyl (C=O) groups excluding carboxylic acids is 1. The van der Waals surface area contributed by atoms with Gasteiger partial charge in [-0.15, -0.1) is 0 Å². The Bertz CT molecular complexity index is 579. The summed E-state index contributed by atoms with van der Waals surface area (Å²) in [6.45, 7) is 6.83. The highest BCUT2D eigenvalue weighted by Crippen LogP contribution is 2.25. The molecule has 1 aliphatic heterocycles. The van der Waals surface area contributed by atoms with Gasteiger partial charge in [0.2, 0.25) is 5.91 Å². The van der Waals surface area contributed by atoms with Gasteiger partial charge in [-0.05, 0) is 18.8 Å². The lowest BCUT2D eigenvalue weighted by molar-refractivity contribution is -0.142. The monoisotopic (exact) mass is 307 g/mol. The number of aromatic nitrogens is 2. The second-order valence-electron chi connectivity index (χ2n) is 6.10. The van der Waals surface area contributed by atoms with Crippen LogP contribution in [0, 0.1) is 11.8 Å². The summed E-state index contributed by atoms with van der Waals surface area (Å²) < 4.78 is 1.86. The minimum absolute atomic E-state index is 0.00615. The fraction of sp³-hybridized carbons (Fsp3) is 0.688. The molecule has 0 radical (unpaired) electrons. The van der Waals surface area contributed by atoms with Gasteiger partial charge < -0.3 is 10.0 Å². The largest absolute Gasteiger partial charge is 0.481 e. The predicted octanol–water partition coefficient (Wildman–Crippen LogP) is 1.27. The third-order valence-electron chi connectivity index (χ3n) is 4.64. The summed E-state index contributed by atoms with van der Waals surface area (Å²) in [7, 11) is 1.91. The lowest BCUT2D eigenvalue weighted by atomic mass is 9.99. The first kappa shape index (κ1) is 16.5. The van der Waals surface area contributed by atoms with Crippen LogP contribution >= 0.6 is 0 Å². The highest BCUT2D eigenvalue weighted by Gasteiger charge is 2.37. The number of carboxylic acid groups (broad SMARTS) is 1. The van der Waals surface area contributed by atoms with Crippen molar-refractivity contribution in [1.82, 2.24) is 14.7 Å². The van der Waals surface area contributed by atoms with Gasteiger partial charge in [-0.3, -0.25) is 14.3 Å². The molecule has 1 fully saturated rings. The fourth-order valence-electron chi connectivity index (χ4n) is 3.35. The summed E-state index contributed by atoms with van der Waals surface area (Å²) >= 11 is 0.